The molecule has 3 aromatic rings. The maximum Gasteiger partial charge on any atom is 0.245 e. The van der Waals surface area contributed by atoms with Crippen LogP contribution in [0.1, 0.15) is 17.5 Å². The zero-order valence-electron chi connectivity index (χ0n) is 17.3. The number of anilines is 1. The molecule has 0 spiro atoms. The summed E-state index contributed by atoms with van der Waals surface area (Å²) in [6, 6.07) is 24.2. The summed E-state index contributed by atoms with van der Waals surface area (Å²) in [5.41, 5.74) is 5.19. The first-order valence-electron chi connectivity index (χ1n) is 10.2. The van der Waals surface area contributed by atoms with E-state index in [1.807, 2.05) is 78.9 Å². The maximum absolute atomic E-state index is 12.4. The third kappa shape index (κ3) is 5.53. The third-order valence-corrected chi connectivity index (χ3v) is 5.40. The number of hydrogen-bond donors (Lipinski definition) is 1. The number of nitrogens with one attached hydrogen (secondary N) is 1. The van der Waals surface area contributed by atoms with Crippen LogP contribution >= 0.6 is 11.6 Å². The van der Waals surface area contributed by atoms with Crippen LogP contribution in [0.4, 0.5) is 5.69 Å². The molecule has 0 radical (unpaired) electrons. The lowest BCUT2D eigenvalue weighted by Gasteiger charge is -2.16. The summed E-state index contributed by atoms with van der Waals surface area (Å²) >= 11 is 5.89. The minimum atomic E-state index is -0.427. The third-order valence-electron chi connectivity index (χ3n) is 5.15. The molecule has 1 aliphatic heterocycles. The normalized spacial score (nSPS) is 15.8. The van der Waals surface area contributed by atoms with Gasteiger partial charge in [-0.3, -0.25) is 9.59 Å². The van der Waals surface area contributed by atoms with Crippen molar-refractivity contribution in [3.63, 3.8) is 0 Å². The van der Waals surface area contributed by atoms with Gasteiger partial charge in [0, 0.05) is 23.7 Å². The van der Waals surface area contributed by atoms with Gasteiger partial charge in [0.2, 0.25) is 11.8 Å². The van der Waals surface area contributed by atoms with Gasteiger partial charge in [0.15, 0.2) is 0 Å². The molecule has 162 valence electrons. The molecule has 4 rings (SSSR count). The lowest BCUT2D eigenvalue weighted by atomic mass is 10.1. The van der Waals surface area contributed by atoms with Crippen LogP contribution in [0.15, 0.2) is 84.0 Å². The summed E-state index contributed by atoms with van der Waals surface area (Å²) in [6.07, 6.45) is 1.74. The average molecular weight is 448 g/mol. The molecule has 1 heterocycles. The van der Waals surface area contributed by atoms with Crippen molar-refractivity contribution < 1.29 is 14.3 Å². The number of carbonyl (C=O) groups excluding carboxylic acids is 2. The number of benzene rings is 3. The Hall–Kier alpha value is -3.64. The van der Waals surface area contributed by atoms with Gasteiger partial charge in [0.25, 0.3) is 0 Å². The first-order valence-corrected chi connectivity index (χ1v) is 10.6. The summed E-state index contributed by atoms with van der Waals surface area (Å²) in [7, 11) is 0. The molecule has 32 heavy (non-hydrogen) atoms. The molecule has 0 aromatic heterocycles. The molecule has 0 aliphatic carbocycles. The maximum atomic E-state index is 12.4. The highest BCUT2D eigenvalue weighted by atomic mass is 35.5. The first-order chi connectivity index (χ1) is 15.6. The molecule has 6 nitrogen and oxygen atoms in total. The zero-order chi connectivity index (χ0) is 22.3. The molecule has 0 saturated carbocycles. The average Bonchev–Trinajstić information content (AvgIpc) is 3.22. The van der Waals surface area contributed by atoms with Crippen molar-refractivity contribution >= 4 is 35.3 Å². The quantitative estimate of drug-likeness (QED) is 0.430. The number of para-hydroxylation sites is 1. The highest BCUT2D eigenvalue weighted by Gasteiger charge is 2.34. The Morgan fingerprint density at radius 3 is 2.50 bits per heavy atom. The van der Waals surface area contributed by atoms with Crippen molar-refractivity contribution in [2.24, 2.45) is 11.0 Å². The molecule has 3 aromatic carbocycles. The number of amides is 2. The van der Waals surface area contributed by atoms with E-state index in [1.165, 1.54) is 0 Å². The molecule has 0 bridgehead atoms. The molecule has 7 heteroatoms. The number of rotatable bonds is 7. The minimum absolute atomic E-state index is 0.0606. The Balaban J connectivity index is 1.26. The van der Waals surface area contributed by atoms with Crippen molar-refractivity contribution in [2.75, 3.05) is 11.4 Å². The predicted octanol–water partition coefficient (Wildman–Crippen LogP) is 4.42. The van der Waals surface area contributed by atoms with E-state index in [-0.39, 0.29) is 18.2 Å². The second kappa shape index (κ2) is 10.1. The molecular weight excluding hydrogens is 426 g/mol. The second-order valence-corrected chi connectivity index (χ2v) is 7.90. The fourth-order valence-corrected chi connectivity index (χ4v) is 3.53. The predicted molar refractivity (Wildman–Crippen MR) is 125 cm³/mol. The fraction of sp³-hybridized carbons (Fsp3) is 0.160. The molecule has 1 atom stereocenters. The van der Waals surface area contributed by atoms with Gasteiger partial charge in [0.05, 0.1) is 12.1 Å². The van der Waals surface area contributed by atoms with Gasteiger partial charge in [-0.15, -0.1) is 0 Å². The van der Waals surface area contributed by atoms with E-state index < -0.39 is 5.92 Å². The van der Waals surface area contributed by atoms with Gasteiger partial charge < -0.3 is 9.64 Å². The van der Waals surface area contributed by atoms with Gasteiger partial charge in [0.1, 0.15) is 12.4 Å². The Morgan fingerprint density at radius 2 is 1.78 bits per heavy atom. The number of halogens is 1. The van der Waals surface area contributed by atoms with Gasteiger partial charge in [-0.05, 0) is 59.7 Å². The van der Waals surface area contributed by atoms with Crippen LogP contribution in [0.2, 0.25) is 5.02 Å². The van der Waals surface area contributed by atoms with Crippen molar-refractivity contribution in [3.05, 3.63) is 95.0 Å². The molecule has 0 unspecified atom stereocenters. The second-order valence-electron chi connectivity index (χ2n) is 7.46. The smallest absolute Gasteiger partial charge is 0.245 e. The van der Waals surface area contributed by atoms with Crippen LogP contribution in [0, 0.1) is 5.92 Å². The van der Waals surface area contributed by atoms with E-state index in [0.717, 1.165) is 22.6 Å². The van der Waals surface area contributed by atoms with Crippen LogP contribution in [0.3, 0.4) is 0 Å². The monoisotopic (exact) mass is 447 g/mol. The van der Waals surface area contributed by atoms with Crippen molar-refractivity contribution in [3.8, 4) is 5.75 Å². The summed E-state index contributed by atoms with van der Waals surface area (Å²) in [4.78, 5) is 26.3. The molecular formula is C25H22ClN3O3. The highest BCUT2D eigenvalue weighted by molar-refractivity contribution is 6.30. The van der Waals surface area contributed by atoms with Crippen LogP contribution in [0.25, 0.3) is 0 Å². The van der Waals surface area contributed by atoms with Crippen molar-refractivity contribution in [2.45, 2.75) is 13.0 Å². The summed E-state index contributed by atoms with van der Waals surface area (Å²) in [5.74, 6) is -0.0272. The Morgan fingerprint density at radius 1 is 1.06 bits per heavy atom. The van der Waals surface area contributed by atoms with Crippen LogP contribution < -0.4 is 15.1 Å². The van der Waals surface area contributed by atoms with Gasteiger partial charge in [-0.25, -0.2) is 5.43 Å². The van der Waals surface area contributed by atoms with Crippen molar-refractivity contribution in [1.82, 2.24) is 5.43 Å². The minimum Gasteiger partial charge on any atom is -0.489 e. The summed E-state index contributed by atoms with van der Waals surface area (Å²) in [6.45, 7) is 0.796. The van der Waals surface area contributed by atoms with E-state index in [1.54, 1.807) is 11.1 Å². The van der Waals surface area contributed by atoms with E-state index in [4.69, 9.17) is 16.3 Å². The van der Waals surface area contributed by atoms with Crippen molar-refractivity contribution in [1.29, 1.82) is 0 Å². The van der Waals surface area contributed by atoms with Crippen LogP contribution in [-0.2, 0) is 16.2 Å². The van der Waals surface area contributed by atoms with Crippen LogP contribution in [0.5, 0.6) is 5.75 Å². The van der Waals surface area contributed by atoms with E-state index in [2.05, 4.69) is 10.5 Å². The van der Waals surface area contributed by atoms with Gasteiger partial charge in [-0.2, -0.15) is 5.10 Å². The first kappa shape index (κ1) is 21.6. The molecule has 1 saturated heterocycles. The Bertz CT molecular complexity index is 1100. The highest BCUT2D eigenvalue weighted by Crippen LogP contribution is 2.24. The van der Waals surface area contributed by atoms with Gasteiger partial charge in [-0.1, -0.05) is 41.9 Å². The number of carbonyl (C=O) groups is 2. The fourth-order valence-electron chi connectivity index (χ4n) is 3.40. The summed E-state index contributed by atoms with van der Waals surface area (Å²) < 4.78 is 5.76. The molecule has 2 amide bonds. The molecule has 1 N–H and O–H groups in total. The molecule has 1 aliphatic rings. The topological polar surface area (TPSA) is 71.0 Å². The Kier molecular flexibility index (Phi) is 6.82. The number of ether oxygens (including phenoxy) is 1. The van der Waals surface area contributed by atoms with Gasteiger partial charge >= 0.3 is 0 Å². The van der Waals surface area contributed by atoms with Crippen LogP contribution in [-0.4, -0.2) is 24.6 Å². The summed E-state index contributed by atoms with van der Waals surface area (Å²) in [5, 5.41) is 4.72. The Labute approximate surface area is 191 Å². The molecule has 1 fully saturated rings. The number of hydrogen-bond acceptors (Lipinski definition) is 4. The standard InChI is InChI=1S/C25H22ClN3O3/c26-21-10-6-19(7-11-21)17-32-23-12-8-18(9-13-23)15-27-28-25(31)20-14-24(30)29(16-20)22-4-2-1-3-5-22/h1-13,15,20H,14,16-17H2,(H,28,31)/b27-15-/t20-/m1/s1. The zero-order valence-corrected chi connectivity index (χ0v) is 18.0. The van der Waals surface area contributed by atoms with E-state index in [9.17, 15) is 9.59 Å². The SMILES string of the molecule is O=C(N/N=C\c1ccc(OCc2ccc(Cl)cc2)cc1)[C@@H]1CC(=O)N(c2ccccc2)C1. The van der Waals surface area contributed by atoms with E-state index >= 15 is 0 Å². The number of nitrogens with zero attached hydrogens (tertiary/aromatic N) is 2. The number of hydrazone groups is 1. The van der Waals surface area contributed by atoms with E-state index in [0.29, 0.717) is 18.2 Å². The lowest BCUT2D eigenvalue weighted by molar-refractivity contribution is -0.126. The largest absolute Gasteiger partial charge is 0.489 e. The lowest BCUT2D eigenvalue weighted by Crippen LogP contribution is -2.30.